The maximum atomic E-state index is 5.95. The van der Waals surface area contributed by atoms with Crippen molar-refractivity contribution < 1.29 is 9.47 Å². The van der Waals surface area contributed by atoms with Gasteiger partial charge in [0.1, 0.15) is 5.75 Å². The van der Waals surface area contributed by atoms with Gasteiger partial charge in [-0.3, -0.25) is 0 Å². The first-order chi connectivity index (χ1) is 8.08. The first kappa shape index (κ1) is 12.4. The van der Waals surface area contributed by atoms with Crippen molar-refractivity contribution in [2.24, 2.45) is 11.8 Å². The third-order valence-corrected chi connectivity index (χ3v) is 3.92. The van der Waals surface area contributed by atoms with E-state index in [9.17, 15) is 0 Å². The summed E-state index contributed by atoms with van der Waals surface area (Å²) in [6.45, 7) is 8.72. The van der Waals surface area contributed by atoms with E-state index in [4.69, 9.17) is 9.47 Å². The normalized spacial score (nSPS) is 33.4. The fourth-order valence-corrected chi connectivity index (χ4v) is 2.31. The molecule has 1 saturated heterocycles. The molecule has 0 N–H and O–H groups in total. The molecule has 94 valence electrons. The van der Waals surface area contributed by atoms with E-state index in [1.807, 2.05) is 18.2 Å². The van der Waals surface area contributed by atoms with Gasteiger partial charge < -0.3 is 9.47 Å². The summed E-state index contributed by atoms with van der Waals surface area (Å²) >= 11 is 0. The summed E-state index contributed by atoms with van der Waals surface area (Å²) in [7, 11) is 0. The van der Waals surface area contributed by atoms with Crippen LogP contribution in [0.4, 0.5) is 0 Å². The second-order valence-electron chi connectivity index (χ2n) is 5.23. The van der Waals surface area contributed by atoms with E-state index in [0.29, 0.717) is 11.8 Å². The maximum absolute atomic E-state index is 5.95. The van der Waals surface area contributed by atoms with Crippen LogP contribution >= 0.6 is 0 Å². The standard InChI is InChI=1S/C15H22O2/c1-10-7-5-6-8-14(10)17-15-9-11(2)12(3)13(4)16-15/h5-8,11-13,15H,9H2,1-4H3/t11-,12-,13?,15-/m1/s1. The van der Waals surface area contributed by atoms with Crippen LogP contribution in [0.3, 0.4) is 0 Å². The van der Waals surface area contributed by atoms with Gasteiger partial charge in [-0.25, -0.2) is 0 Å². The van der Waals surface area contributed by atoms with Crippen LogP contribution in [0.15, 0.2) is 24.3 Å². The van der Waals surface area contributed by atoms with E-state index < -0.39 is 0 Å². The molecular weight excluding hydrogens is 212 g/mol. The quantitative estimate of drug-likeness (QED) is 0.775. The summed E-state index contributed by atoms with van der Waals surface area (Å²) in [6.07, 6.45) is 1.14. The molecule has 2 heteroatoms. The maximum Gasteiger partial charge on any atom is 0.200 e. The minimum Gasteiger partial charge on any atom is -0.465 e. The number of ether oxygens (including phenoxy) is 2. The Hall–Kier alpha value is -1.02. The van der Waals surface area contributed by atoms with Gasteiger partial charge in [0.05, 0.1) is 6.10 Å². The molecule has 1 heterocycles. The lowest BCUT2D eigenvalue weighted by atomic mass is 9.86. The topological polar surface area (TPSA) is 18.5 Å². The van der Waals surface area contributed by atoms with Gasteiger partial charge in [-0.15, -0.1) is 0 Å². The van der Waals surface area contributed by atoms with Crippen molar-refractivity contribution in [1.29, 1.82) is 0 Å². The van der Waals surface area contributed by atoms with Gasteiger partial charge in [-0.05, 0) is 37.3 Å². The molecule has 1 aliphatic heterocycles. The van der Waals surface area contributed by atoms with Crippen LogP contribution in [-0.2, 0) is 4.74 Å². The largest absolute Gasteiger partial charge is 0.465 e. The zero-order valence-corrected chi connectivity index (χ0v) is 11.1. The lowest BCUT2D eigenvalue weighted by Gasteiger charge is -2.37. The predicted octanol–water partition coefficient (Wildman–Crippen LogP) is 3.78. The van der Waals surface area contributed by atoms with Crippen molar-refractivity contribution in [2.75, 3.05) is 0 Å². The van der Waals surface area contributed by atoms with Crippen molar-refractivity contribution in [3.8, 4) is 5.75 Å². The number of benzene rings is 1. The Morgan fingerprint density at radius 2 is 1.88 bits per heavy atom. The smallest absolute Gasteiger partial charge is 0.200 e. The molecule has 0 saturated carbocycles. The highest BCUT2D eigenvalue weighted by atomic mass is 16.7. The van der Waals surface area contributed by atoms with Crippen LogP contribution in [-0.4, -0.2) is 12.4 Å². The monoisotopic (exact) mass is 234 g/mol. The Kier molecular flexibility index (Phi) is 3.72. The van der Waals surface area contributed by atoms with Crippen LogP contribution in [0.2, 0.25) is 0 Å². The fourth-order valence-electron chi connectivity index (χ4n) is 2.31. The van der Waals surface area contributed by atoms with E-state index in [-0.39, 0.29) is 12.4 Å². The molecule has 1 unspecified atom stereocenters. The lowest BCUT2D eigenvalue weighted by Crippen LogP contribution is -2.39. The van der Waals surface area contributed by atoms with Gasteiger partial charge >= 0.3 is 0 Å². The van der Waals surface area contributed by atoms with Crippen molar-refractivity contribution in [3.63, 3.8) is 0 Å². The summed E-state index contributed by atoms with van der Waals surface area (Å²) in [4.78, 5) is 0. The molecule has 2 rings (SSSR count). The summed E-state index contributed by atoms with van der Waals surface area (Å²) in [6, 6.07) is 8.09. The Labute approximate surface area is 104 Å². The molecular formula is C15H22O2. The van der Waals surface area contributed by atoms with Crippen molar-refractivity contribution >= 4 is 0 Å². The molecule has 0 aliphatic carbocycles. The average molecular weight is 234 g/mol. The molecule has 1 fully saturated rings. The third-order valence-electron chi connectivity index (χ3n) is 3.92. The van der Waals surface area contributed by atoms with Gasteiger partial charge in [0.25, 0.3) is 0 Å². The van der Waals surface area contributed by atoms with Gasteiger partial charge in [-0.1, -0.05) is 32.0 Å². The molecule has 17 heavy (non-hydrogen) atoms. The highest BCUT2D eigenvalue weighted by Gasteiger charge is 2.32. The van der Waals surface area contributed by atoms with E-state index >= 15 is 0 Å². The van der Waals surface area contributed by atoms with Crippen molar-refractivity contribution in [2.45, 2.75) is 46.5 Å². The molecule has 0 bridgehead atoms. The summed E-state index contributed by atoms with van der Waals surface area (Å²) in [5, 5.41) is 0. The highest BCUT2D eigenvalue weighted by molar-refractivity contribution is 5.31. The summed E-state index contributed by atoms with van der Waals surface area (Å²) < 4.78 is 11.9. The molecule has 2 nitrogen and oxygen atoms in total. The summed E-state index contributed by atoms with van der Waals surface area (Å²) in [5.74, 6) is 2.19. The van der Waals surface area contributed by atoms with Crippen LogP contribution < -0.4 is 4.74 Å². The second kappa shape index (κ2) is 5.09. The van der Waals surface area contributed by atoms with E-state index in [2.05, 4.69) is 33.8 Å². The van der Waals surface area contributed by atoms with Gasteiger partial charge in [0.15, 0.2) is 6.29 Å². The number of hydrogen-bond donors (Lipinski definition) is 0. The lowest BCUT2D eigenvalue weighted by molar-refractivity contribution is -0.175. The summed E-state index contributed by atoms with van der Waals surface area (Å²) in [5.41, 5.74) is 1.16. The molecule has 1 aliphatic rings. The molecule has 1 aromatic rings. The Morgan fingerprint density at radius 3 is 2.53 bits per heavy atom. The van der Waals surface area contributed by atoms with E-state index in [1.165, 1.54) is 0 Å². The van der Waals surface area contributed by atoms with Crippen LogP contribution in [0.1, 0.15) is 32.8 Å². The van der Waals surface area contributed by atoms with Crippen LogP contribution in [0, 0.1) is 18.8 Å². The fraction of sp³-hybridized carbons (Fsp3) is 0.600. The molecule has 0 spiro atoms. The molecule has 0 radical (unpaired) electrons. The van der Waals surface area contributed by atoms with Crippen molar-refractivity contribution in [1.82, 2.24) is 0 Å². The SMILES string of the molecule is Cc1ccccc1O[C@@H]1C[C@@H](C)[C@@H](C)C(C)O1. The minimum atomic E-state index is -0.0997. The van der Waals surface area contributed by atoms with Crippen LogP contribution in [0.25, 0.3) is 0 Å². The minimum absolute atomic E-state index is 0.0997. The Bertz CT molecular complexity index is 363. The molecule has 0 aromatic heterocycles. The first-order valence-corrected chi connectivity index (χ1v) is 6.45. The van der Waals surface area contributed by atoms with Gasteiger partial charge in [-0.2, -0.15) is 0 Å². The average Bonchev–Trinajstić information content (AvgIpc) is 2.29. The second-order valence-corrected chi connectivity index (χ2v) is 5.23. The Morgan fingerprint density at radius 1 is 1.18 bits per heavy atom. The van der Waals surface area contributed by atoms with Gasteiger partial charge in [0, 0.05) is 6.42 Å². The van der Waals surface area contributed by atoms with Gasteiger partial charge in [0.2, 0.25) is 0 Å². The number of rotatable bonds is 2. The number of hydrogen-bond acceptors (Lipinski definition) is 2. The van der Waals surface area contributed by atoms with E-state index in [0.717, 1.165) is 17.7 Å². The predicted molar refractivity (Wildman–Crippen MR) is 69.1 cm³/mol. The van der Waals surface area contributed by atoms with Crippen molar-refractivity contribution in [3.05, 3.63) is 29.8 Å². The number of para-hydroxylation sites is 1. The van der Waals surface area contributed by atoms with Crippen LogP contribution in [0.5, 0.6) is 5.75 Å². The number of aryl methyl sites for hydroxylation is 1. The first-order valence-electron chi connectivity index (χ1n) is 6.45. The Balaban J connectivity index is 2.03. The molecule has 1 aromatic carbocycles. The van der Waals surface area contributed by atoms with E-state index in [1.54, 1.807) is 0 Å². The zero-order chi connectivity index (χ0) is 12.4. The zero-order valence-electron chi connectivity index (χ0n) is 11.1. The molecule has 4 atom stereocenters. The molecule has 0 amide bonds. The third kappa shape index (κ3) is 2.81. The highest BCUT2D eigenvalue weighted by Crippen LogP contribution is 2.31.